The number of piperazine rings is 1. The number of nitrogens with zero attached hydrogens (tertiary/aromatic N) is 5. The molecule has 0 spiro atoms. The monoisotopic (exact) mass is 412 g/mol. The maximum atomic E-state index is 12.7. The third-order valence-electron chi connectivity index (χ3n) is 5.06. The van der Waals surface area contributed by atoms with E-state index in [1.807, 2.05) is 43.3 Å². The highest BCUT2D eigenvalue weighted by molar-refractivity contribution is 5.98. The van der Waals surface area contributed by atoms with Crippen LogP contribution in [-0.2, 0) is 16.6 Å². The highest BCUT2D eigenvalue weighted by atomic mass is 16.5. The number of guanidine groups is 1. The maximum absolute atomic E-state index is 12.7. The highest BCUT2D eigenvalue weighted by Crippen LogP contribution is 2.17. The average Bonchev–Trinajstić information content (AvgIpc) is 3.19. The molecule has 1 saturated heterocycles. The van der Waals surface area contributed by atoms with Gasteiger partial charge in [0.25, 0.3) is 0 Å². The largest absolute Gasteiger partial charge is 0.374 e. The molecule has 1 aromatic heterocycles. The SMILES string of the molecule is CCNC(=NCCCOC(C)c1ccccc1)N1CCN(c2cnn(C)c2)C(=O)C1. The fraction of sp³-hybridized carbons (Fsp3) is 0.500. The number of aryl methyl sites for hydroxylation is 1. The van der Waals surface area contributed by atoms with Gasteiger partial charge in [-0.1, -0.05) is 30.3 Å². The Kier molecular flexibility index (Phi) is 7.84. The zero-order chi connectivity index (χ0) is 21.3. The molecule has 3 rings (SSSR count). The summed E-state index contributed by atoms with van der Waals surface area (Å²) in [5.41, 5.74) is 2.02. The first kappa shape index (κ1) is 21.8. The van der Waals surface area contributed by atoms with E-state index in [9.17, 15) is 4.79 Å². The van der Waals surface area contributed by atoms with Crippen molar-refractivity contribution in [3.8, 4) is 0 Å². The van der Waals surface area contributed by atoms with Gasteiger partial charge in [0.1, 0.15) is 6.54 Å². The van der Waals surface area contributed by atoms with Gasteiger partial charge in [0, 0.05) is 46.0 Å². The number of hydrogen-bond acceptors (Lipinski definition) is 4. The van der Waals surface area contributed by atoms with Crippen molar-refractivity contribution < 1.29 is 9.53 Å². The summed E-state index contributed by atoms with van der Waals surface area (Å²) in [5, 5.41) is 7.47. The molecule has 1 unspecified atom stereocenters. The van der Waals surface area contributed by atoms with Gasteiger partial charge in [-0.05, 0) is 25.8 Å². The Bertz CT molecular complexity index is 835. The van der Waals surface area contributed by atoms with E-state index < -0.39 is 0 Å². The molecule has 2 heterocycles. The Hall–Kier alpha value is -2.87. The lowest BCUT2D eigenvalue weighted by Crippen LogP contribution is -2.55. The molecular formula is C22H32N6O2. The number of carbonyl (C=O) groups is 1. The van der Waals surface area contributed by atoms with Gasteiger partial charge in [-0.25, -0.2) is 0 Å². The van der Waals surface area contributed by atoms with E-state index in [1.54, 1.807) is 15.8 Å². The number of amides is 1. The van der Waals surface area contributed by atoms with Crippen LogP contribution in [0.5, 0.6) is 0 Å². The molecule has 0 saturated carbocycles. The molecule has 1 N–H and O–H groups in total. The van der Waals surface area contributed by atoms with Crippen LogP contribution in [0, 0.1) is 0 Å². The van der Waals surface area contributed by atoms with E-state index in [-0.39, 0.29) is 12.0 Å². The lowest BCUT2D eigenvalue weighted by atomic mass is 10.1. The lowest BCUT2D eigenvalue weighted by molar-refractivity contribution is -0.120. The molecule has 2 aromatic rings. The second-order valence-electron chi connectivity index (χ2n) is 7.35. The average molecular weight is 413 g/mol. The molecule has 0 aliphatic carbocycles. The summed E-state index contributed by atoms with van der Waals surface area (Å²) in [6.07, 6.45) is 4.49. The minimum atomic E-state index is 0.0554. The molecular weight excluding hydrogens is 380 g/mol. The van der Waals surface area contributed by atoms with Crippen LogP contribution in [0.25, 0.3) is 0 Å². The number of ether oxygens (including phenoxy) is 1. The third kappa shape index (κ3) is 5.82. The van der Waals surface area contributed by atoms with E-state index in [2.05, 4.69) is 29.5 Å². The number of benzene rings is 1. The second-order valence-corrected chi connectivity index (χ2v) is 7.35. The van der Waals surface area contributed by atoms with Crippen molar-refractivity contribution in [2.24, 2.45) is 12.0 Å². The Balaban J connectivity index is 1.48. The molecule has 8 nitrogen and oxygen atoms in total. The smallest absolute Gasteiger partial charge is 0.246 e. The molecule has 30 heavy (non-hydrogen) atoms. The van der Waals surface area contributed by atoms with Gasteiger partial charge in [-0.15, -0.1) is 0 Å². The quantitative estimate of drug-likeness (QED) is 0.409. The summed E-state index contributed by atoms with van der Waals surface area (Å²) >= 11 is 0. The van der Waals surface area contributed by atoms with Gasteiger partial charge < -0.3 is 19.9 Å². The van der Waals surface area contributed by atoms with Crippen LogP contribution >= 0.6 is 0 Å². The molecule has 1 aliphatic heterocycles. The lowest BCUT2D eigenvalue weighted by Gasteiger charge is -2.35. The number of hydrogen-bond donors (Lipinski definition) is 1. The third-order valence-corrected chi connectivity index (χ3v) is 5.06. The van der Waals surface area contributed by atoms with Gasteiger partial charge >= 0.3 is 0 Å². The summed E-state index contributed by atoms with van der Waals surface area (Å²) in [6, 6.07) is 10.2. The standard InChI is InChI=1S/C22H32N6O2/c1-4-23-22(24-11-8-14-30-18(2)19-9-6-5-7-10-19)27-12-13-28(21(29)17-27)20-15-25-26(3)16-20/h5-7,9-10,15-16,18H,4,8,11-14,17H2,1-3H3,(H,23,24). The zero-order valence-corrected chi connectivity index (χ0v) is 18.1. The molecule has 0 bridgehead atoms. The molecule has 162 valence electrons. The summed E-state index contributed by atoms with van der Waals surface area (Å²) in [5.74, 6) is 0.840. The van der Waals surface area contributed by atoms with Crippen molar-refractivity contribution in [3.05, 3.63) is 48.3 Å². The van der Waals surface area contributed by atoms with Crippen LogP contribution in [0.15, 0.2) is 47.7 Å². The minimum absolute atomic E-state index is 0.0554. The number of aliphatic imine (C=N–C) groups is 1. The van der Waals surface area contributed by atoms with Gasteiger partial charge in [0.2, 0.25) is 5.91 Å². The second kappa shape index (κ2) is 10.8. The summed E-state index contributed by atoms with van der Waals surface area (Å²) in [6.45, 7) is 7.82. The molecule has 0 radical (unpaired) electrons. The number of carbonyl (C=O) groups excluding carboxylic acids is 1. The van der Waals surface area contributed by atoms with E-state index in [0.29, 0.717) is 26.2 Å². The fourth-order valence-electron chi connectivity index (χ4n) is 3.43. The Labute approximate surface area is 178 Å². The van der Waals surface area contributed by atoms with Gasteiger partial charge in [0.05, 0.1) is 18.0 Å². The molecule has 1 aliphatic rings. The normalized spacial score (nSPS) is 16.1. The Morgan fingerprint density at radius 2 is 2.10 bits per heavy atom. The van der Waals surface area contributed by atoms with Crippen LogP contribution in [0.1, 0.15) is 31.9 Å². The molecule has 1 fully saturated rings. The summed E-state index contributed by atoms with van der Waals surface area (Å²) < 4.78 is 7.63. The highest BCUT2D eigenvalue weighted by Gasteiger charge is 2.27. The van der Waals surface area contributed by atoms with Crippen molar-refractivity contribution in [3.63, 3.8) is 0 Å². The van der Waals surface area contributed by atoms with Crippen LogP contribution < -0.4 is 10.2 Å². The zero-order valence-electron chi connectivity index (χ0n) is 18.1. The van der Waals surface area contributed by atoms with Gasteiger partial charge in [0.15, 0.2) is 5.96 Å². The minimum Gasteiger partial charge on any atom is -0.374 e. The number of nitrogens with one attached hydrogen (secondary N) is 1. The molecule has 1 amide bonds. The molecule has 1 atom stereocenters. The number of aromatic nitrogens is 2. The Morgan fingerprint density at radius 1 is 1.30 bits per heavy atom. The predicted molar refractivity (Wildman–Crippen MR) is 119 cm³/mol. The summed E-state index contributed by atoms with van der Waals surface area (Å²) in [4.78, 5) is 21.2. The predicted octanol–water partition coefficient (Wildman–Crippen LogP) is 2.20. The summed E-state index contributed by atoms with van der Waals surface area (Å²) in [7, 11) is 1.85. The number of rotatable bonds is 8. The van der Waals surface area contributed by atoms with Crippen molar-refractivity contribution in [2.75, 3.05) is 44.2 Å². The molecule has 1 aromatic carbocycles. The fourth-order valence-corrected chi connectivity index (χ4v) is 3.43. The van der Waals surface area contributed by atoms with E-state index in [1.165, 1.54) is 5.56 Å². The van der Waals surface area contributed by atoms with Crippen molar-refractivity contribution in [1.29, 1.82) is 0 Å². The van der Waals surface area contributed by atoms with Crippen LogP contribution in [0.4, 0.5) is 5.69 Å². The van der Waals surface area contributed by atoms with Gasteiger partial charge in [-0.3, -0.25) is 14.5 Å². The van der Waals surface area contributed by atoms with E-state index >= 15 is 0 Å². The van der Waals surface area contributed by atoms with Crippen molar-refractivity contribution >= 4 is 17.6 Å². The van der Waals surface area contributed by atoms with Crippen LogP contribution in [0.2, 0.25) is 0 Å². The van der Waals surface area contributed by atoms with Crippen molar-refractivity contribution in [2.45, 2.75) is 26.4 Å². The Morgan fingerprint density at radius 3 is 2.77 bits per heavy atom. The van der Waals surface area contributed by atoms with Gasteiger partial charge in [-0.2, -0.15) is 5.10 Å². The first-order chi connectivity index (χ1) is 14.6. The maximum Gasteiger partial charge on any atom is 0.246 e. The topological polar surface area (TPSA) is 75.0 Å². The van der Waals surface area contributed by atoms with Crippen LogP contribution in [0.3, 0.4) is 0 Å². The van der Waals surface area contributed by atoms with Crippen molar-refractivity contribution in [1.82, 2.24) is 20.0 Å². The van der Waals surface area contributed by atoms with E-state index in [4.69, 9.17) is 9.73 Å². The first-order valence-electron chi connectivity index (χ1n) is 10.6. The van der Waals surface area contributed by atoms with E-state index in [0.717, 1.165) is 31.2 Å². The molecule has 8 heteroatoms. The van der Waals surface area contributed by atoms with Crippen LogP contribution in [-0.4, -0.2) is 65.9 Å². The number of anilines is 1. The first-order valence-corrected chi connectivity index (χ1v) is 10.6.